The average Bonchev–Trinajstić information content (AvgIpc) is 2.47. The highest BCUT2D eigenvalue weighted by molar-refractivity contribution is 7.99. The summed E-state index contributed by atoms with van der Waals surface area (Å²) in [7, 11) is 0. The fourth-order valence-electron chi connectivity index (χ4n) is 1.75. The Hall–Kier alpha value is -1.21. The van der Waals surface area contributed by atoms with E-state index in [1.165, 1.54) is 37.2 Å². The van der Waals surface area contributed by atoms with Gasteiger partial charge in [0.05, 0.1) is 0 Å². The third kappa shape index (κ3) is 7.96. The maximum absolute atomic E-state index is 10.6. The van der Waals surface area contributed by atoms with Crippen LogP contribution in [0.1, 0.15) is 18.4 Å². The molecule has 118 valence electrons. The van der Waals surface area contributed by atoms with Crippen LogP contribution in [0, 0.1) is 0 Å². The van der Waals surface area contributed by atoms with E-state index in [2.05, 4.69) is 47.4 Å². The van der Waals surface area contributed by atoms with Crippen LogP contribution in [0.25, 0.3) is 0 Å². The molecule has 1 fully saturated rings. The van der Waals surface area contributed by atoms with Crippen molar-refractivity contribution in [2.45, 2.75) is 30.0 Å². The van der Waals surface area contributed by atoms with Crippen LogP contribution < -0.4 is 5.32 Å². The molecular weight excluding hydrogens is 303 g/mol. The van der Waals surface area contributed by atoms with Gasteiger partial charge in [-0.2, -0.15) is 24.9 Å². The van der Waals surface area contributed by atoms with E-state index in [1.54, 1.807) is 0 Å². The lowest BCUT2D eigenvalue weighted by Gasteiger charge is -2.21. The predicted octanol–water partition coefficient (Wildman–Crippen LogP) is 3.31. The average molecular weight is 321 g/mol. The molecule has 1 aromatic carbocycles. The van der Waals surface area contributed by atoms with Gasteiger partial charge in [0, 0.05) is 11.0 Å². The van der Waals surface area contributed by atoms with Gasteiger partial charge < -0.3 is 10.4 Å². The van der Waals surface area contributed by atoms with Gasteiger partial charge in [-0.1, -0.05) is 30.3 Å². The first-order valence-electron chi connectivity index (χ1n) is 6.56. The van der Waals surface area contributed by atoms with Crippen LogP contribution in [-0.4, -0.2) is 35.6 Å². The number of nitrogens with one attached hydrogen (secondary N) is 1. The molecule has 0 saturated carbocycles. The van der Waals surface area contributed by atoms with Gasteiger partial charge in [-0.15, -0.1) is 0 Å². The summed E-state index contributed by atoms with van der Waals surface area (Å²) >= 11 is 2.11. The molecule has 1 aliphatic heterocycles. The first-order chi connectivity index (χ1) is 9.89. The number of piperidine rings is 1. The van der Waals surface area contributed by atoms with Crippen molar-refractivity contribution in [3.63, 3.8) is 0 Å². The Morgan fingerprint density at radius 2 is 1.76 bits per heavy atom. The zero-order chi connectivity index (χ0) is 15.7. The molecule has 0 bridgehead atoms. The van der Waals surface area contributed by atoms with Crippen molar-refractivity contribution in [1.82, 2.24) is 5.32 Å². The van der Waals surface area contributed by atoms with Gasteiger partial charge in [-0.05, 0) is 31.5 Å². The van der Waals surface area contributed by atoms with Gasteiger partial charge in [0.15, 0.2) is 0 Å². The minimum Gasteiger partial charge on any atom is -0.475 e. The van der Waals surface area contributed by atoms with Crippen LogP contribution >= 0.6 is 11.8 Å². The zero-order valence-corrected chi connectivity index (χ0v) is 12.2. The lowest BCUT2D eigenvalue weighted by atomic mass is 10.2. The number of alkyl halides is 3. The van der Waals surface area contributed by atoms with Crippen molar-refractivity contribution in [2.75, 3.05) is 13.1 Å². The van der Waals surface area contributed by atoms with Crippen LogP contribution in [0.2, 0.25) is 0 Å². The second-order valence-electron chi connectivity index (χ2n) is 4.55. The molecule has 1 aliphatic rings. The van der Waals surface area contributed by atoms with Gasteiger partial charge in [0.2, 0.25) is 0 Å². The maximum Gasteiger partial charge on any atom is 0.490 e. The Morgan fingerprint density at radius 1 is 1.24 bits per heavy atom. The molecule has 0 radical (unpaired) electrons. The standard InChI is InChI=1S/C12H17NS.C2HF3O2/c1-2-4-11(5-3-1)10-14-12-6-8-13-9-7-12;3-2(4,5)1(6)7/h1-5,12-13H,6-10H2;(H,6,7). The molecule has 7 heteroatoms. The molecule has 2 N–H and O–H groups in total. The van der Waals surface area contributed by atoms with Gasteiger partial charge in [0.25, 0.3) is 0 Å². The van der Waals surface area contributed by atoms with Gasteiger partial charge in [-0.3, -0.25) is 0 Å². The Balaban J connectivity index is 0.000000270. The zero-order valence-electron chi connectivity index (χ0n) is 11.4. The van der Waals surface area contributed by atoms with E-state index in [9.17, 15) is 13.2 Å². The van der Waals surface area contributed by atoms with E-state index >= 15 is 0 Å². The second-order valence-corrected chi connectivity index (χ2v) is 5.84. The number of rotatable bonds is 3. The predicted molar refractivity (Wildman–Crippen MR) is 77.3 cm³/mol. The van der Waals surface area contributed by atoms with E-state index in [4.69, 9.17) is 9.90 Å². The summed E-state index contributed by atoms with van der Waals surface area (Å²) in [5, 5.41) is 11.4. The van der Waals surface area contributed by atoms with E-state index in [0.717, 1.165) is 5.25 Å². The van der Waals surface area contributed by atoms with Crippen molar-refractivity contribution < 1.29 is 23.1 Å². The van der Waals surface area contributed by atoms with Crippen LogP contribution in [0.4, 0.5) is 13.2 Å². The van der Waals surface area contributed by atoms with Crippen molar-refractivity contribution in [3.05, 3.63) is 35.9 Å². The topological polar surface area (TPSA) is 49.3 Å². The molecule has 0 unspecified atom stereocenters. The summed E-state index contributed by atoms with van der Waals surface area (Å²) in [6.45, 7) is 2.40. The van der Waals surface area contributed by atoms with Crippen molar-refractivity contribution in [2.24, 2.45) is 0 Å². The summed E-state index contributed by atoms with van der Waals surface area (Å²) < 4.78 is 31.7. The highest BCUT2D eigenvalue weighted by Crippen LogP contribution is 2.23. The van der Waals surface area contributed by atoms with E-state index in [-0.39, 0.29) is 0 Å². The number of benzene rings is 1. The largest absolute Gasteiger partial charge is 0.490 e. The van der Waals surface area contributed by atoms with Crippen molar-refractivity contribution in [1.29, 1.82) is 0 Å². The molecule has 0 atom stereocenters. The SMILES string of the molecule is O=C(O)C(F)(F)F.c1ccc(CSC2CCNCC2)cc1. The fraction of sp³-hybridized carbons (Fsp3) is 0.500. The summed E-state index contributed by atoms with van der Waals surface area (Å²) in [4.78, 5) is 8.90. The number of hydrogen-bond donors (Lipinski definition) is 2. The highest BCUT2D eigenvalue weighted by atomic mass is 32.2. The van der Waals surface area contributed by atoms with Gasteiger partial charge >= 0.3 is 12.1 Å². The lowest BCUT2D eigenvalue weighted by molar-refractivity contribution is -0.192. The smallest absolute Gasteiger partial charge is 0.475 e. The Kier molecular flexibility index (Phi) is 7.60. The van der Waals surface area contributed by atoms with E-state index < -0.39 is 12.1 Å². The minimum atomic E-state index is -5.08. The lowest BCUT2D eigenvalue weighted by Crippen LogP contribution is -2.29. The van der Waals surface area contributed by atoms with E-state index in [0.29, 0.717) is 0 Å². The van der Waals surface area contributed by atoms with Crippen LogP contribution in [-0.2, 0) is 10.5 Å². The van der Waals surface area contributed by atoms with E-state index in [1.807, 2.05) is 0 Å². The number of carboxylic acid groups (broad SMARTS) is 1. The maximum atomic E-state index is 10.6. The summed E-state index contributed by atoms with van der Waals surface area (Å²) in [5.74, 6) is -1.58. The first kappa shape index (κ1) is 17.8. The fourth-order valence-corrected chi connectivity index (χ4v) is 2.94. The van der Waals surface area contributed by atoms with Gasteiger partial charge in [0.1, 0.15) is 0 Å². The minimum absolute atomic E-state index is 0.872. The quantitative estimate of drug-likeness (QED) is 0.897. The monoisotopic (exact) mass is 321 g/mol. The molecule has 0 amide bonds. The molecule has 0 spiro atoms. The number of thioether (sulfide) groups is 1. The number of carboxylic acids is 1. The van der Waals surface area contributed by atoms with Crippen molar-refractivity contribution in [3.8, 4) is 0 Å². The van der Waals surface area contributed by atoms with Crippen LogP contribution in [0.15, 0.2) is 30.3 Å². The highest BCUT2D eigenvalue weighted by Gasteiger charge is 2.38. The van der Waals surface area contributed by atoms with Crippen molar-refractivity contribution >= 4 is 17.7 Å². The molecular formula is C14H18F3NO2S. The summed E-state index contributed by atoms with van der Waals surface area (Å²) in [6.07, 6.45) is -2.42. The number of hydrogen-bond acceptors (Lipinski definition) is 3. The Labute approximate surface area is 125 Å². The third-order valence-electron chi connectivity index (χ3n) is 2.86. The summed E-state index contributed by atoms with van der Waals surface area (Å²) in [6, 6.07) is 10.8. The number of carbonyl (C=O) groups is 1. The van der Waals surface area contributed by atoms with Crippen LogP contribution in [0.3, 0.4) is 0 Å². The Bertz CT molecular complexity index is 420. The normalized spacial score (nSPS) is 16.0. The Morgan fingerprint density at radius 3 is 2.24 bits per heavy atom. The van der Waals surface area contributed by atoms with Crippen LogP contribution in [0.5, 0.6) is 0 Å². The number of aliphatic carboxylic acids is 1. The molecule has 3 nitrogen and oxygen atoms in total. The van der Waals surface area contributed by atoms with Gasteiger partial charge in [-0.25, -0.2) is 4.79 Å². The molecule has 0 aromatic heterocycles. The third-order valence-corrected chi connectivity index (χ3v) is 4.30. The first-order valence-corrected chi connectivity index (χ1v) is 7.61. The molecule has 21 heavy (non-hydrogen) atoms. The number of halogens is 3. The molecule has 1 heterocycles. The molecule has 2 rings (SSSR count). The second kappa shape index (κ2) is 8.94. The molecule has 0 aliphatic carbocycles. The molecule has 1 saturated heterocycles. The summed E-state index contributed by atoms with van der Waals surface area (Å²) in [5.41, 5.74) is 1.45. The molecule has 1 aromatic rings.